The maximum atomic E-state index is 10.7. The molecular weight excluding hydrogens is 248 g/mol. The number of hydrogen-bond donors (Lipinski definition) is 0. The molecule has 0 aliphatic heterocycles. The van der Waals surface area contributed by atoms with Gasteiger partial charge in [0, 0.05) is 12.5 Å². The van der Waals surface area contributed by atoms with Gasteiger partial charge in [0.1, 0.15) is 6.29 Å². The number of hydrogen-bond acceptors (Lipinski definition) is 2. The second kappa shape index (κ2) is 12.4. The van der Waals surface area contributed by atoms with Crippen LogP contribution in [0.4, 0.5) is 0 Å². The summed E-state index contributed by atoms with van der Waals surface area (Å²) in [5.41, 5.74) is 0. The van der Waals surface area contributed by atoms with E-state index in [1.54, 1.807) is 0 Å². The van der Waals surface area contributed by atoms with E-state index >= 15 is 0 Å². The molecule has 0 aromatic carbocycles. The highest BCUT2D eigenvalue weighted by Gasteiger charge is 2.12. The molecule has 0 N–H and O–H groups in total. The van der Waals surface area contributed by atoms with E-state index in [1.807, 2.05) is 0 Å². The zero-order valence-electron chi connectivity index (χ0n) is 13.4. The van der Waals surface area contributed by atoms with Crippen molar-refractivity contribution in [3.05, 3.63) is 0 Å². The Balaban J connectivity index is 1.79. The summed E-state index contributed by atoms with van der Waals surface area (Å²) in [5, 5.41) is 0. The molecule has 1 rings (SSSR count). The summed E-state index contributed by atoms with van der Waals surface area (Å²) < 4.78 is 5.93. The lowest BCUT2D eigenvalue weighted by Crippen LogP contribution is -2.17. The molecule has 1 atom stereocenters. The van der Waals surface area contributed by atoms with Crippen molar-refractivity contribution in [1.29, 1.82) is 0 Å². The summed E-state index contributed by atoms with van der Waals surface area (Å²) in [4.78, 5) is 10.7. The quantitative estimate of drug-likeness (QED) is 0.359. The van der Waals surface area contributed by atoms with Gasteiger partial charge in [-0.3, -0.25) is 0 Å². The summed E-state index contributed by atoms with van der Waals surface area (Å²) in [6, 6.07) is 0. The van der Waals surface area contributed by atoms with E-state index in [2.05, 4.69) is 6.92 Å². The zero-order chi connectivity index (χ0) is 14.5. The molecule has 0 aromatic rings. The Morgan fingerprint density at radius 1 is 1.00 bits per heavy atom. The van der Waals surface area contributed by atoms with Gasteiger partial charge in [-0.25, -0.2) is 0 Å². The molecule has 1 saturated carbocycles. The predicted molar refractivity (Wildman–Crippen MR) is 85.0 cm³/mol. The largest absolute Gasteiger partial charge is 0.378 e. The van der Waals surface area contributed by atoms with Gasteiger partial charge in [0.05, 0.1) is 6.10 Å². The first-order valence-corrected chi connectivity index (χ1v) is 8.93. The number of unbranched alkanes of at least 4 members (excludes halogenated alkanes) is 5. The van der Waals surface area contributed by atoms with Crippen LogP contribution in [0.15, 0.2) is 0 Å². The van der Waals surface area contributed by atoms with Crippen LogP contribution in [0.1, 0.15) is 90.4 Å². The second-order valence-corrected chi connectivity index (χ2v) is 6.35. The maximum Gasteiger partial charge on any atom is 0.123 e. The van der Waals surface area contributed by atoms with Crippen LogP contribution in [-0.2, 0) is 9.53 Å². The molecule has 0 aromatic heterocycles. The third-order valence-electron chi connectivity index (χ3n) is 4.59. The average molecular weight is 282 g/mol. The lowest BCUT2D eigenvalue weighted by Gasteiger charge is -2.21. The van der Waals surface area contributed by atoms with E-state index in [1.165, 1.54) is 70.6 Å². The SMILES string of the molecule is CCC(C=O)CCCCCCCCOC1CCCCC1. The van der Waals surface area contributed by atoms with Crippen LogP contribution in [0, 0.1) is 5.92 Å². The van der Waals surface area contributed by atoms with Gasteiger partial charge in [0.25, 0.3) is 0 Å². The van der Waals surface area contributed by atoms with Crippen LogP contribution in [0.2, 0.25) is 0 Å². The normalized spacial score (nSPS) is 18.1. The van der Waals surface area contributed by atoms with Crippen LogP contribution >= 0.6 is 0 Å². The summed E-state index contributed by atoms with van der Waals surface area (Å²) in [7, 11) is 0. The molecule has 2 heteroatoms. The number of carbonyl (C=O) groups is 1. The van der Waals surface area contributed by atoms with E-state index in [0.29, 0.717) is 12.0 Å². The van der Waals surface area contributed by atoms with E-state index in [0.717, 1.165) is 25.7 Å². The van der Waals surface area contributed by atoms with Gasteiger partial charge >= 0.3 is 0 Å². The first-order chi connectivity index (χ1) is 9.86. The number of carbonyl (C=O) groups excluding carboxylic acids is 1. The molecule has 0 heterocycles. The van der Waals surface area contributed by atoms with Crippen molar-refractivity contribution in [1.82, 2.24) is 0 Å². The van der Waals surface area contributed by atoms with Crippen molar-refractivity contribution in [2.75, 3.05) is 6.61 Å². The lowest BCUT2D eigenvalue weighted by atomic mass is 9.98. The van der Waals surface area contributed by atoms with Gasteiger partial charge in [-0.05, 0) is 32.1 Å². The standard InChI is InChI=1S/C18H34O2/c1-2-17(16-19)12-8-5-3-4-6-11-15-20-18-13-9-7-10-14-18/h16-18H,2-15H2,1H3. The van der Waals surface area contributed by atoms with E-state index in [9.17, 15) is 4.79 Å². The van der Waals surface area contributed by atoms with Gasteiger partial charge in [-0.2, -0.15) is 0 Å². The van der Waals surface area contributed by atoms with Crippen molar-refractivity contribution in [3.63, 3.8) is 0 Å². The Bertz CT molecular complexity index is 221. The van der Waals surface area contributed by atoms with Gasteiger partial charge in [-0.1, -0.05) is 58.3 Å². The smallest absolute Gasteiger partial charge is 0.123 e. The van der Waals surface area contributed by atoms with Crippen molar-refractivity contribution in [3.8, 4) is 0 Å². The Kier molecular flexibility index (Phi) is 10.9. The highest BCUT2D eigenvalue weighted by molar-refractivity contribution is 5.53. The molecule has 1 unspecified atom stereocenters. The fourth-order valence-corrected chi connectivity index (χ4v) is 3.07. The van der Waals surface area contributed by atoms with E-state index < -0.39 is 0 Å². The van der Waals surface area contributed by atoms with E-state index in [4.69, 9.17) is 4.74 Å². The summed E-state index contributed by atoms with van der Waals surface area (Å²) in [6.45, 7) is 3.07. The highest BCUT2D eigenvalue weighted by Crippen LogP contribution is 2.20. The highest BCUT2D eigenvalue weighted by atomic mass is 16.5. The van der Waals surface area contributed by atoms with Gasteiger partial charge < -0.3 is 9.53 Å². The Hall–Kier alpha value is -0.370. The monoisotopic (exact) mass is 282 g/mol. The Morgan fingerprint density at radius 2 is 1.65 bits per heavy atom. The number of aldehydes is 1. The minimum atomic E-state index is 0.305. The summed E-state index contributed by atoms with van der Waals surface area (Å²) >= 11 is 0. The average Bonchev–Trinajstić information content (AvgIpc) is 2.50. The first-order valence-electron chi connectivity index (χ1n) is 8.93. The Morgan fingerprint density at radius 3 is 2.30 bits per heavy atom. The van der Waals surface area contributed by atoms with Crippen molar-refractivity contribution in [2.24, 2.45) is 5.92 Å². The van der Waals surface area contributed by atoms with Crippen LogP contribution in [0.3, 0.4) is 0 Å². The molecular formula is C18H34O2. The molecule has 1 aliphatic carbocycles. The third-order valence-corrected chi connectivity index (χ3v) is 4.59. The first kappa shape index (κ1) is 17.7. The number of ether oxygens (including phenoxy) is 1. The van der Waals surface area contributed by atoms with Crippen molar-refractivity contribution >= 4 is 6.29 Å². The molecule has 0 amide bonds. The topological polar surface area (TPSA) is 26.3 Å². The molecule has 0 radical (unpaired) electrons. The minimum Gasteiger partial charge on any atom is -0.378 e. The van der Waals surface area contributed by atoms with Gasteiger partial charge in [-0.15, -0.1) is 0 Å². The molecule has 0 saturated heterocycles. The predicted octanol–water partition coefficient (Wildman–Crippen LogP) is 5.29. The van der Waals surface area contributed by atoms with Gasteiger partial charge in [0.15, 0.2) is 0 Å². The molecule has 20 heavy (non-hydrogen) atoms. The molecule has 0 bridgehead atoms. The van der Waals surface area contributed by atoms with Crippen LogP contribution in [0.5, 0.6) is 0 Å². The fraction of sp³-hybridized carbons (Fsp3) is 0.944. The van der Waals surface area contributed by atoms with Crippen LogP contribution < -0.4 is 0 Å². The third kappa shape index (κ3) is 8.73. The lowest BCUT2D eigenvalue weighted by molar-refractivity contribution is -0.111. The molecule has 1 aliphatic rings. The fourth-order valence-electron chi connectivity index (χ4n) is 3.07. The summed E-state index contributed by atoms with van der Waals surface area (Å²) in [6.07, 6.45) is 18.2. The number of rotatable bonds is 12. The molecule has 118 valence electrons. The van der Waals surface area contributed by atoms with Crippen molar-refractivity contribution < 1.29 is 9.53 Å². The Labute approximate surface area is 125 Å². The molecule has 2 nitrogen and oxygen atoms in total. The van der Waals surface area contributed by atoms with Crippen LogP contribution in [0.25, 0.3) is 0 Å². The zero-order valence-corrected chi connectivity index (χ0v) is 13.4. The van der Waals surface area contributed by atoms with Crippen molar-refractivity contribution in [2.45, 2.75) is 96.5 Å². The second-order valence-electron chi connectivity index (χ2n) is 6.35. The molecule has 1 fully saturated rings. The summed E-state index contributed by atoms with van der Waals surface area (Å²) in [5.74, 6) is 0.305. The maximum absolute atomic E-state index is 10.7. The minimum absolute atomic E-state index is 0.305. The molecule has 0 spiro atoms. The van der Waals surface area contributed by atoms with Gasteiger partial charge in [0.2, 0.25) is 0 Å². The van der Waals surface area contributed by atoms with E-state index in [-0.39, 0.29) is 0 Å². The van der Waals surface area contributed by atoms with Crippen LogP contribution in [-0.4, -0.2) is 19.0 Å².